The molecule has 1 aliphatic heterocycles. The highest BCUT2D eigenvalue weighted by atomic mass is 15.3. The first kappa shape index (κ1) is 16.3. The standard InChI is InChI=1S/C17H35N3/c1-4-6-15-8-10-17(14-18,11-9-15)20-12-5-7-16(20)13-19(2)3/h15-16H,4-14,18H2,1-3H3. The van der Waals surface area contributed by atoms with Crippen molar-refractivity contribution in [3.63, 3.8) is 0 Å². The first-order valence-electron chi connectivity index (χ1n) is 8.73. The van der Waals surface area contributed by atoms with Gasteiger partial charge in [-0.1, -0.05) is 19.8 Å². The van der Waals surface area contributed by atoms with Gasteiger partial charge in [0.25, 0.3) is 0 Å². The lowest BCUT2D eigenvalue weighted by Crippen LogP contribution is -2.58. The van der Waals surface area contributed by atoms with Crippen LogP contribution in [0.25, 0.3) is 0 Å². The van der Waals surface area contributed by atoms with Crippen molar-refractivity contribution in [2.45, 2.75) is 69.9 Å². The highest BCUT2D eigenvalue weighted by Crippen LogP contribution is 2.41. The Morgan fingerprint density at radius 3 is 2.45 bits per heavy atom. The normalized spacial score (nSPS) is 35.9. The summed E-state index contributed by atoms with van der Waals surface area (Å²) in [5.74, 6) is 0.967. The number of hydrogen-bond acceptors (Lipinski definition) is 3. The molecule has 0 aromatic rings. The van der Waals surface area contributed by atoms with Gasteiger partial charge in [-0.25, -0.2) is 0 Å². The molecule has 0 radical (unpaired) electrons. The molecule has 20 heavy (non-hydrogen) atoms. The molecular weight excluding hydrogens is 246 g/mol. The molecule has 0 aromatic carbocycles. The summed E-state index contributed by atoms with van der Waals surface area (Å²) >= 11 is 0. The molecular formula is C17H35N3. The van der Waals surface area contributed by atoms with E-state index in [0.717, 1.165) is 18.5 Å². The second kappa shape index (κ2) is 7.24. The van der Waals surface area contributed by atoms with Crippen LogP contribution in [0.3, 0.4) is 0 Å². The fourth-order valence-electron chi connectivity index (χ4n) is 4.59. The smallest absolute Gasteiger partial charge is 0.0335 e. The quantitative estimate of drug-likeness (QED) is 0.812. The Bertz CT molecular complexity index is 282. The fraction of sp³-hybridized carbons (Fsp3) is 1.00. The molecule has 2 rings (SSSR count). The van der Waals surface area contributed by atoms with Crippen LogP contribution in [0.15, 0.2) is 0 Å². The molecule has 0 spiro atoms. The van der Waals surface area contributed by atoms with Crippen molar-refractivity contribution in [2.24, 2.45) is 11.7 Å². The van der Waals surface area contributed by atoms with Gasteiger partial charge < -0.3 is 10.6 Å². The SMILES string of the molecule is CCCC1CCC(CN)(N2CCCC2CN(C)C)CC1. The van der Waals surface area contributed by atoms with Crippen LogP contribution in [-0.4, -0.2) is 55.1 Å². The molecule has 1 heterocycles. The zero-order chi connectivity index (χ0) is 14.6. The Morgan fingerprint density at radius 2 is 1.90 bits per heavy atom. The highest BCUT2D eigenvalue weighted by Gasteiger charge is 2.43. The number of hydrogen-bond donors (Lipinski definition) is 1. The van der Waals surface area contributed by atoms with Gasteiger partial charge in [-0.15, -0.1) is 0 Å². The molecule has 1 saturated heterocycles. The van der Waals surface area contributed by atoms with E-state index in [4.69, 9.17) is 5.73 Å². The van der Waals surface area contributed by atoms with Gasteiger partial charge in [-0.05, 0) is 65.1 Å². The molecule has 1 unspecified atom stereocenters. The summed E-state index contributed by atoms with van der Waals surface area (Å²) in [6.45, 7) is 5.64. The summed E-state index contributed by atoms with van der Waals surface area (Å²) in [5.41, 5.74) is 6.60. The highest BCUT2D eigenvalue weighted by molar-refractivity contribution is 5.00. The fourth-order valence-corrected chi connectivity index (χ4v) is 4.59. The summed E-state index contributed by atoms with van der Waals surface area (Å²) in [6.07, 6.45) is 10.9. The Labute approximate surface area is 125 Å². The van der Waals surface area contributed by atoms with Crippen molar-refractivity contribution in [1.82, 2.24) is 9.80 Å². The monoisotopic (exact) mass is 281 g/mol. The largest absolute Gasteiger partial charge is 0.329 e. The first-order chi connectivity index (χ1) is 9.61. The number of nitrogens with two attached hydrogens (primary N) is 1. The van der Waals surface area contributed by atoms with E-state index in [1.807, 2.05) is 0 Å². The Morgan fingerprint density at radius 1 is 1.20 bits per heavy atom. The molecule has 1 atom stereocenters. The third kappa shape index (κ3) is 3.55. The summed E-state index contributed by atoms with van der Waals surface area (Å²) in [4.78, 5) is 5.14. The lowest BCUT2D eigenvalue weighted by atomic mass is 9.74. The lowest BCUT2D eigenvalue weighted by Gasteiger charge is -2.49. The number of likely N-dealkylation sites (N-methyl/N-ethyl adjacent to an activating group) is 1. The topological polar surface area (TPSA) is 32.5 Å². The second-order valence-electron chi connectivity index (χ2n) is 7.41. The third-order valence-electron chi connectivity index (χ3n) is 5.68. The Balaban J connectivity index is 2.00. The molecule has 0 amide bonds. The van der Waals surface area contributed by atoms with Gasteiger partial charge in [-0.2, -0.15) is 0 Å². The van der Waals surface area contributed by atoms with E-state index < -0.39 is 0 Å². The molecule has 1 saturated carbocycles. The maximum Gasteiger partial charge on any atom is 0.0335 e. The van der Waals surface area contributed by atoms with E-state index in [1.54, 1.807) is 0 Å². The van der Waals surface area contributed by atoms with Gasteiger partial charge in [0.15, 0.2) is 0 Å². The molecule has 2 N–H and O–H groups in total. The number of rotatable bonds is 6. The number of likely N-dealkylation sites (tertiary alicyclic amines) is 1. The van der Waals surface area contributed by atoms with E-state index >= 15 is 0 Å². The van der Waals surface area contributed by atoms with Gasteiger partial charge >= 0.3 is 0 Å². The average molecular weight is 281 g/mol. The van der Waals surface area contributed by atoms with Gasteiger partial charge in [0.2, 0.25) is 0 Å². The summed E-state index contributed by atoms with van der Waals surface area (Å²) < 4.78 is 0. The molecule has 2 aliphatic rings. The zero-order valence-electron chi connectivity index (χ0n) is 13.9. The van der Waals surface area contributed by atoms with E-state index in [1.165, 1.54) is 64.5 Å². The third-order valence-corrected chi connectivity index (χ3v) is 5.68. The number of nitrogens with zero attached hydrogens (tertiary/aromatic N) is 2. The summed E-state index contributed by atoms with van der Waals surface area (Å²) in [7, 11) is 4.40. The Kier molecular flexibility index (Phi) is 5.88. The minimum absolute atomic E-state index is 0.321. The molecule has 1 aliphatic carbocycles. The van der Waals surface area contributed by atoms with Crippen LogP contribution in [0.5, 0.6) is 0 Å². The minimum atomic E-state index is 0.321. The zero-order valence-corrected chi connectivity index (χ0v) is 13.9. The summed E-state index contributed by atoms with van der Waals surface area (Å²) in [5, 5.41) is 0. The molecule has 2 fully saturated rings. The van der Waals surface area contributed by atoms with Crippen molar-refractivity contribution in [2.75, 3.05) is 33.7 Å². The van der Waals surface area contributed by atoms with Crippen LogP contribution in [0.2, 0.25) is 0 Å². The predicted molar refractivity (Wildman–Crippen MR) is 86.9 cm³/mol. The molecule has 0 bridgehead atoms. The van der Waals surface area contributed by atoms with Crippen LogP contribution in [0, 0.1) is 5.92 Å². The molecule has 118 valence electrons. The first-order valence-corrected chi connectivity index (χ1v) is 8.73. The van der Waals surface area contributed by atoms with E-state index in [-0.39, 0.29) is 0 Å². The predicted octanol–water partition coefficient (Wildman–Crippen LogP) is 2.70. The molecule has 3 nitrogen and oxygen atoms in total. The van der Waals surface area contributed by atoms with Crippen molar-refractivity contribution >= 4 is 0 Å². The van der Waals surface area contributed by atoms with Crippen LogP contribution in [0.1, 0.15) is 58.3 Å². The maximum absolute atomic E-state index is 6.28. The van der Waals surface area contributed by atoms with Gasteiger partial charge in [0, 0.05) is 24.7 Å². The minimum Gasteiger partial charge on any atom is -0.329 e. The van der Waals surface area contributed by atoms with E-state index in [0.29, 0.717) is 5.54 Å². The van der Waals surface area contributed by atoms with Crippen LogP contribution in [0.4, 0.5) is 0 Å². The van der Waals surface area contributed by atoms with E-state index in [2.05, 4.69) is 30.8 Å². The summed E-state index contributed by atoms with van der Waals surface area (Å²) in [6, 6.07) is 0.733. The van der Waals surface area contributed by atoms with Crippen LogP contribution >= 0.6 is 0 Å². The molecule has 0 aromatic heterocycles. The van der Waals surface area contributed by atoms with Gasteiger partial charge in [0.05, 0.1) is 0 Å². The lowest BCUT2D eigenvalue weighted by molar-refractivity contribution is 0.0233. The van der Waals surface area contributed by atoms with Crippen LogP contribution < -0.4 is 5.73 Å². The van der Waals surface area contributed by atoms with Crippen molar-refractivity contribution in [1.29, 1.82) is 0 Å². The average Bonchev–Trinajstić information content (AvgIpc) is 2.88. The second-order valence-corrected chi connectivity index (χ2v) is 7.41. The van der Waals surface area contributed by atoms with Crippen molar-refractivity contribution < 1.29 is 0 Å². The van der Waals surface area contributed by atoms with E-state index in [9.17, 15) is 0 Å². The van der Waals surface area contributed by atoms with Crippen molar-refractivity contribution in [3.8, 4) is 0 Å². The molecule has 3 heteroatoms. The van der Waals surface area contributed by atoms with Crippen LogP contribution in [-0.2, 0) is 0 Å². The Hall–Kier alpha value is -0.120. The maximum atomic E-state index is 6.28. The van der Waals surface area contributed by atoms with Crippen molar-refractivity contribution in [3.05, 3.63) is 0 Å². The van der Waals surface area contributed by atoms with Gasteiger partial charge in [-0.3, -0.25) is 4.90 Å². The van der Waals surface area contributed by atoms with Gasteiger partial charge in [0.1, 0.15) is 0 Å².